The predicted molar refractivity (Wildman–Crippen MR) is 212 cm³/mol. The molecular weight excluding hydrogens is 832 g/mol. The van der Waals surface area contributed by atoms with Gasteiger partial charge >= 0.3 is 0 Å². The number of ether oxygens (including phenoxy) is 8. The van der Waals surface area contributed by atoms with Crippen LogP contribution in [0.2, 0.25) is 0 Å². The van der Waals surface area contributed by atoms with E-state index in [-0.39, 0.29) is 54.0 Å². The van der Waals surface area contributed by atoms with E-state index in [0.717, 1.165) is 38.5 Å². The van der Waals surface area contributed by atoms with E-state index in [9.17, 15) is 56.2 Å². The Balaban J connectivity index is 0.798. The van der Waals surface area contributed by atoms with Crippen LogP contribution in [0.1, 0.15) is 78.6 Å². The summed E-state index contributed by atoms with van der Waals surface area (Å²) in [5, 5.41) is 117. The first kappa shape index (κ1) is 47.1. The molecule has 3 saturated carbocycles. The molecule has 5 heterocycles. The summed E-state index contributed by atoms with van der Waals surface area (Å²) in [5.74, 6) is 0.116. The molecule has 1 spiro atoms. The summed E-state index contributed by atoms with van der Waals surface area (Å²) in [7, 11) is 0. The third-order valence-electron chi connectivity index (χ3n) is 17.7. The zero-order valence-electron chi connectivity index (χ0n) is 36.3. The minimum atomic E-state index is -1.74. The van der Waals surface area contributed by atoms with E-state index in [1.54, 1.807) is 0 Å². The summed E-state index contributed by atoms with van der Waals surface area (Å²) in [5.41, 5.74) is -0.155. The fourth-order valence-electron chi connectivity index (χ4n) is 13.7. The molecule has 9 aliphatic rings. The minimum absolute atomic E-state index is 0.0848. The standard InChI is InChI=1S/C44H70O19/c1-19-43(11-6-20(14-45)16-58-43)63-29-13-25-23-5-4-21-12-22(7-9-41(21,2)24(23)8-10-42(25,3)44(19,29)55)59-39-36(53)34(51)31(48)27(61-39)17-56-38-35(52)32(49)28(18-57-38)62-40-37(54)33(50)30(47)26(15-46)60-40/h4,19-20,22-40,45-55H,5-18H2,1-3H3. The normalized spacial score (nSPS) is 56.9. The number of aliphatic hydroxyl groups excluding tert-OH is 10. The van der Waals surface area contributed by atoms with Gasteiger partial charge in [-0.25, -0.2) is 0 Å². The Bertz CT molecular complexity index is 1650. The molecule has 8 fully saturated rings. The van der Waals surface area contributed by atoms with Gasteiger partial charge in [0.25, 0.3) is 0 Å². The van der Waals surface area contributed by atoms with Gasteiger partial charge in [0.2, 0.25) is 0 Å². The van der Waals surface area contributed by atoms with Crippen molar-refractivity contribution in [2.24, 2.45) is 40.4 Å². The monoisotopic (exact) mass is 902 g/mol. The molecule has 4 aliphatic carbocycles. The van der Waals surface area contributed by atoms with Crippen LogP contribution in [0, 0.1) is 40.4 Å². The van der Waals surface area contributed by atoms with Crippen LogP contribution >= 0.6 is 0 Å². The van der Waals surface area contributed by atoms with Gasteiger partial charge in [0.05, 0.1) is 38.6 Å². The Morgan fingerprint density at radius 3 is 2.08 bits per heavy atom. The Labute approximate surface area is 366 Å². The van der Waals surface area contributed by atoms with Gasteiger partial charge in [0.15, 0.2) is 24.7 Å². The zero-order valence-corrected chi connectivity index (χ0v) is 36.3. The molecule has 11 N–H and O–H groups in total. The first-order valence-corrected chi connectivity index (χ1v) is 23.2. The molecule has 360 valence electrons. The van der Waals surface area contributed by atoms with Gasteiger partial charge in [-0.05, 0) is 74.5 Å². The maximum atomic E-state index is 12.7. The lowest BCUT2D eigenvalue weighted by Crippen LogP contribution is -2.63. The van der Waals surface area contributed by atoms with E-state index in [1.165, 1.54) is 5.57 Å². The lowest BCUT2D eigenvalue weighted by molar-refractivity contribution is -0.350. The van der Waals surface area contributed by atoms with Crippen LogP contribution in [0.25, 0.3) is 0 Å². The fraction of sp³-hybridized carbons (Fsp3) is 0.955. The van der Waals surface area contributed by atoms with Gasteiger partial charge < -0.3 is 94.1 Å². The van der Waals surface area contributed by atoms with Crippen molar-refractivity contribution in [3.8, 4) is 0 Å². The fourth-order valence-corrected chi connectivity index (χ4v) is 13.7. The molecular formula is C44H70O19. The van der Waals surface area contributed by atoms with Crippen LogP contribution in [0.3, 0.4) is 0 Å². The number of fused-ring (bicyclic) bond motifs is 7. The molecule has 9 rings (SSSR count). The van der Waals surface area contributed by atoms with E-state index in [1.807, 2.05) is 0 Å². The van der Waals surface area contributed by atoms with Gasteiger partial charge in [-0.3, -0.25) is 0 Å². The molecule has 0 aromatic heterocycles. The smallest absolute Gasteiger partial charge is 0.187 e. The average molecular weight is 903 g/mol. The van der Waals surface area contributed by atoms with Crippen LogP contribution in [0.15, 0.2) is 11.6 Å². The van der Waals surface area contributed by atoms with Crippen LogP contribution in [-0.4, -0.2) is 199 Å². The highest BCUT2D eigenvalue weighted by molar-refractivity contribution is 5.29. The molecule has 63 heavy (non-hydrogen) atoms. The summed E-state index contributed by atoms with van der Waals surface area (Å²) >= 11 is 0. The lowest BCUT2D eigenvalue weighted by Gasteiger charge is -2.60. The van der Waals surface area contributed by atoms with E-state index < -0.39 is 111 Å². The first-order chi connectivity index (χ1) is 29.9. The first-order valence-electron chi connectivity index (χ1n) is 23.2. The molecule has 0 amide bonds. The highest BCUT2D eigenvalue weighted by Crippen LogP contribution is 2.72. The van der Waals surface area contributed by atoms with Crippen LogP contribution in [0.4, 0.5) is 0 Å². The van der Waals surface area contributed by atoms with E-state index in [2.05, 4.69) is 26.8 Å². The van der Waals surface area contributed by atoms with E-state index >= 15 is 0 Å². The van der Waals surface area contributed by atoms with Crippen LogP contribution in [-0.2, 0) is 37.9 Å². The number of hydrogen-bond acceptors (Lipinski definition) is 19. The van der Waals surface area contributed by atoms with Crippen molar-refractivity contribution in [2.45, 2.75) is 188 Å². The topological polar surface area (TPSA) is 296 Å². The van der Waals surface area contributed by atoms with Crippen molar-refractivity contribution >= 4 is 0 Å². The summed E-state index contributed by atoms with van der Waals surface area (Å²) in [4.78, 5) is 0. The molecule has 0 aromatic rings. The third-order valence-corrected chi connectivity index (χ3v) is 17.7. The van der Waals surface area contributed by atoms with Crippen molar-refractivity contribution in [1.29, 1.82) is 0 Å². The second-order valence-electron chi connectivity index (χ2n) is 20.7. The van der Waals surface area contributed by atoms with Crippen molar-refractivity contribution < 1.29 is 94.1 Å². The third kappa shape index (κ3) is 7.52. The number of aliphatic hydroxyl groups is 11. The van der Waals surface area contributed by atoms with Gasteiger partial charge in [-0.2, -0.15) is 0 Å². The molecule has 5 saturated heterocycles. The molecule has 19 nitrogen and oxygen atoms in total. The van der Waals surface area contributed by atoms with Crippen molar-refractivity contribution in [1.82, 2.24) is 0 Å². The van der Waals surface area contributed by atoms with E-state index in [4.69, 9.17) is 37.9 Å². The van der Waals surface area contributed by atoms with Gasteiger partial charge in [0, 0.05) is 30.3 Å². The van der Waals surface area contributed by atoms with Gasteiger partial charge in [-0.15, -0.1) is 0 Å². The van der Waals surface area contributed by atoms with Gasteiger partial charge in [-0.1, -0.05) is 32.4 Å². The van der Waals surface area contributed by atoms with E-state index in [0.29, 0.717) is 37.7 Å². The predicted octanol–water partition coefficient (Wildman–Crippen LogP) is -2.09. The van der Waals surface area contributed by atoms with Crippen LogP contribution in [0.5, 0.6) is 0 Å². The maximum Gasteiger partial charge on any atom is 0.187 e. The summed E-state index contributed by atoms with van der Waals surface area (Å²) in [6, 6.07) is 0. The Morgan fingerprint density at radius 2 is 1.40 bits per heavy atom. The molecule has 0 bridgehead atoms. The highest BCUT2D eigenvalue weighted by atomic mass is 16.8. The molecule has 0 aromatic carbocycles. The number of allylic oxidation sites excluding steroid dienone is 1. The van der Waals surface area contributed by atoms with Crippen LogP contribution < -0.4 is 0 Å². The summed E-state index contributed by atoms with van der Waals surface area (Å²) in [6.45, 7) is 5.73. The second-order valence-corrected chi connectivity index (χ2v) is 20.7. The van der Waals surface area contributed by atoms with Crippen molar-refractivity contribution in [3.63, 3.8) is 0 Å². The SMILES string of the molecule is CC1C2(CCC(CO)CO2)OC2CC3C4CC=C5CC(OC6OC(COC7OCC(OC8OC(CO)C(O)C(O)C8O)C(O)C7O)C(O)C(O)C6O)CCC5(C)C4CCC3(C)C21O. The molecule has 19 heteroatoms. The lowest BCUT2D eigenvalue weighted by atomic mass is 9.46. The minimum Gasteiger partial charge on any atom is -0.396 e. The summed E-state index contributed by atoms with van der Waals surface area (Å²) < 4.78 is 47.7. The molecule has 25 atom stereocenters. The maximum absolute atomic E-state index is 12.7. The Kier molecular flexibility index (Phi) is 13.1. The Morgan fingerprint density at radius 1 is 0.714 bits per heavy atom. The van der Waals surface area contributed by atoms with Crippen molar-refractivity contribution in [3.05, 3.63) is 11.6 Å². The summed E-state index contributed by atoms with van der Waals surface area (Å²) in [6.07, 6.45) is -12.6. The second kappa shape index (κ2) is 17.5. The molecule has 25 unspecified atom stereocenters. The quantitative estimate of drug-likeness (QED) is 0.111. The highest BCUT2D eigenvalue weighted by Gasteiger charge is 2.76. The number of hydrogen-bond donors (Lipinski definition) is 11. The molecule has 0 radical (unpaired) electrons. The van der Waals surface area contributed by atoms with Crippen molar-refractivity contribution in [2.75, 3.05) is 33.0 Å². The Hall–Kier alpha value is -1.02. The average Bonchev–Trinajstić information content (AvgIpc) is 3.63. The molecule has 5 aliphatic heterocycles. The van der Waals surface area contributed by atoms with Gasteiger partial charge in [0.1, 0.15) is 72.7 Å². The largest absolute Gasteiger partial charge is 0.396 e. The number of rotatable bonds is 9. The zero-order chi connectivity index (χ0) is 45.0.